The predicted octanol–water partition coefficient (Wildman–Crippen LogP) is 8.10. The second kappa shape index (κ2) is 13.3. The van der Waals surface area contributed by atoms with Gasteiger partial charge in [0.1, 0.15) is 5.75 Å². The molecular weight excluding hydrogens is 648 g/mol. The van der Waals surface area contributed by atoms with Crippen LogP contribution in [-0.2, 0) is 9.59 Å². The van der Waals surface area contributed by atoms with Gasteiger partial charge in [0.15, 0.2) is 11.5 Å². The molecule has 6 rings (SSSR count). The summed E-state index contributed by atoms with van der Waals surface area (Å²) in [6, 6.07) is 20.3. The first kappa shape index (κ1) is 32.1. The van der Waals surface area contributed by atoms with Gasteiger partial charge in [-0.3, -0.25) is 9.59 Å². The molecule has 0 atom stereocenters. The van der Waals surface area contributed by atoms with E-state index in [0.29, 0.717) is 49.6 Å². The summed E-state index contributed by atoms with van der Waals surface area (Å²) >= 11 is 11.9. The molecule has 0 bridgehead atoms. The number of ether oxygens (including phenoxy) is 2. The number of amides is 2. The molecule has 2 amide bonds. The molecule has 4 aromatic carbocycles. The van der Waals surface area contributed by atoms with Crippen molar-refractivity contribution in [3.05, 3.63) is 112 Å². The van der Waals surface area contributed by atoms with Crippen LogP contribution in [0.25, 0.3) is 11.1 Å². The van der Waals surface area contributed by atoms with Crippen molar-refractivity contribution in [2.45, 2.75) is 6.36 Å². The Morgan fingerprint density at radius 1 is 0.739 bits per heavy atom. The van der Waals surface area contributed by atoms with Gasteiger partial charge in [-0.1, -0.05) is 23.2 Å². The van der Waals surface area contributed by atoms with Gasteiger partial charge in [0.05, 0.1) is 18.3 Å². The number of halogens is 5. The monoisotopic (exact) mass is 670 g/mol. The number of benzene rings is 4. The number of phenols is 1. The third-order valence-corrected chi connectivity index (χ3v) is 7.03. The van der Waals surface area contributed by atoms with Gasteiger partial charge in [-0.05, 0) is 72.8 Å². The van der Waals surface area contributed by atoms with Crippen LogP contribution in [0.3, 0.4) is 0 Å². The Bertz CT molecular complexity index is 1880. The third-order valence-electron chi connectivity index (χ3n) is 6.56. The van der Waals surface area contributed by atoms with Crippen molar-refractivity contribution in [1.29, 1.82) is 0 Å². The maximum Gasteiger partial charge on any atom is 0.573 e. The minimum Gasteiger partial charge on any atom is -0.504 e. The quantitative estimate of drug-likeness (QED) is 0.131. The molecule has 0 aromatic heterocycles. The van der Waals surface area contributed by atoms with E-state index in [-0.39, 0.29) is 23.3 Å². The number of hydrogen-bond donors (Lipinski definition) is 5. The van der Waals surface area contributed by atoms with Crippen LogP contribution < -0.4 is 30.7 Å². The van der Waals surface area contributed by atoms with Gasteiger partial charge < -0.3 is 35.8 Å². The number of nitrogens with one attached hydrogen (secondary N) is 4. The van der Waals surface area contributed by atoms with Gasteiger partial charge >= 0.3 is 6.36 Å². The number of anilines is 4. The lowest BCUT2D eigenvalue weighted by Crippen LogP contribution is -2.16. The topological polar surface area (TPSA) is 121 Å². The minimum atomic E-state index is -4.73. The first-order chi connectivity index (χ1) is 21.9. The number of methoxy groups -OCH3 is 1. The standard InChI is InChI=1S/C16H10ClF3N2O2.C16H13ClN2O3/c17-9-1-6-14-12(7-9)13(15(23)22-14)8-21-10-2-4-11(5-3-10)24-16(18,19)20;1-22-15-5-3-10(7-14(15)20)18-8-12-11-6-9(17)2-4-13(11)19-16(12)21/h1-8,21H,(H,22,23);2-8,18,20H,1H3,(H,19,21)/b13-8-;12-8+. The van der Waals surface area contributed by atoms with E-state index in [0.717, 1.165) is 11.3 Å². The fraction of sp³-hybridized carbons (Fsp3) is 0.0625. The number of carbonyl (C=O) groups is 2. The molecule has 2 heterocycles. The van der Waals surface area contributed by atoms with Crippen LogP contribution in [-0.4, -0.2) is 30.4 Å². The average molecular weight is 671 g/mol. The van der Waals surface area contributed by atoms with E-state index < -0.39 is 6.36 Å². The van der Waals surface area contributed by atoms with Crippen LogP contribution in [0.5, 0.6) is 17.2 Å². The van der Waals surface area contributed by atoms with Gasteiger partial charge in [0.25, 0.3) is 11.8 Å². The molecule has 236 valence electrons. The second-order valence-electron chi connectivity index (χ2n) is 9.65. The highest BCUT2D eigenvalue weighted by molar-refractivity contribution is 6.35. The molecule has 0 spiro atoms. The van der Waals surface area contributed by atoms with Gasteiger partial charge in [0, 0.05) is 62.4 Å². The Kier molecular flexibility index (Phi) is 9.31. The van der Waals surface area contributed by atoms with Crippen molar-refractivity contribution in [2.24, 2.45) is 0 Å². The summed E-state index contributed by atoms with van der Waals surface area (Å²) in [6.45, 7) is 0. The van der Waals surface area contributed by atoms with Crippen LogP contribution in [0.4, 0.5) is 35.9 Å². The third kappa shape index (κ3) is 7.65. The zero-order chi connectivity index (χ0) is 33.0. The fourth-order valence-corrected chi connectivity index (χ4v) is 4.79. The number of phenolic OH excluding ortho intramolecular Hbond substituents is 1. The Labute approximate surface area is 270 Å². The van der Waals surface area contributed by atoms with E-state index in [4.69, 9.17) is 27.9 Å². The van der Waals surface area contributed by atoms with E-state index in [1.54, 1.807) is 54.7 Å². The SMILES string of the molecule is COc1ccc(N/C=C2/C(=O)Nc3ccc(Cl)cc32)cc1O.O=C1Nc2ccc(Cl)cc2/C1=C/Nc1ccc(OC(F)(F)F)cc1. The van der Waals surface area contributed by atoms with E-state index in [2.05, 4.69) is 26.0 Å². The van der Waals surface area contributed by atoms with Crippen LogP contribution in [0, 0.1) is 0 Å². The minimum absolute atomic E-state index is 0.0187. The number of carbonyl (C=O) groups excluding carboxylic acids is 2. The zero-order valence-electron chi connectivity index (χ0n) is 23.6. The van der Waals surface area contributed by atoms with Crippen molar-refractivity contribution in [3.63, 3.8) is 0 Å². The summed E-state index contributed by atoms with van der Waals surface area (Å²) in [7, 11) is 1.48. The van der Waals surface area contributed by atoms with Gasteiger partial charge in [0.2, 0.25) is 0 Å². The van der Waals surface area contributed by atoms with Gasteiger partial charge in [-0.25, -0.2) is 0 Å². The molecule has 9 nitrogen and oxygen atoms in total. The lowest BCUT2D eigenvalue weighted by atomic mass is 10.1. The molecule has 0 unspecified atom stereocenters. The van der Waals surface area contributed by atoms with Crippen LogP contribution in [0.15, 0.2) is 91.3 Å². The van der Waals surface area contributed by atoms with Gasteiger partial charge in [-0.2, -0.15) is 0 Å². The number of fused-ring (bicyclic) bond motifs is 2. The molecule has 4 aromatic rings. The van der Waals surface area contributed by atoms with Crippen molar-refractivity contribution < 1.29 is 37.3 Å². The predicted molar refractivity (Wildman–Crippen MR) is 171 cm³/mol. The van der Waals surface area contributed by atoms with Crippen molar-refractivity contribution in [2.75, 3.05) is 28.4 Å². The highest BCUT2D eigenvalue weighted by Crippen LogP contribution is 2.35. The van der Waals surface area contributed by atoms with E-state index >= 15 is 0 Å². The molecule has 0 fully saturated rings. The molecule has 2 aliphatic heterocycles. The van der Waals surface area contributed by atoms with E-state index in [1.807, 2.05) is 0 Å². The van der Waals surface area contributed by atoms with Crippen molar-refractivity contribution in [1.82, 2.24) is 0 Å². The summed E-state index contributed by atoms with van der Waals surface area (Å²) in [4.78, 5) is 24.0. The Hall–Kier alpha value is -5.33. The summed E-state index contributed by atoms with van der Waals surface area (Å²) in [5.74, 6) is -0.421. The molecular formula is C32H23Cl2F3N4O5. The maximum atomic E-state index is 12.1. The molecule has 5 N–H and O–H groups in total. The maximum absolute atomic E-state index is 12.1. The summed E-state index contributed by atoms with van der Waals surface area (Å²) in [5, 5.41) is 22.1. The van der Waals surface area contributed by atoms with E-state index in [9.17, 15) is 27.9 Å². The molecule has 0 radical (unpaired) electrons. The fourth-order valence-electron chi connectivity index (χ4n) is 4.45. The largest absolute Gasteiger partial charge is 0.573 e. The van der Waals surface area contributed by atoms with E-state index in [1.165, 1.54) is 43.6 Å². The summed E-state index contributed by atoms with van der Waals surface area (Å²) in [5.41, 5.74) is 4.75. The zero-order valence-corrected chi connectivity index (χ0v) is 25.1. The molecule has 46 heavy (non-hydrogen) atoms. The van der Waals surface area contributed by atoms with Crippen molar-refractivity contribution in [3.8, 4) is 17.2 Å². The van der Waals surface area contributed by atoms with Gasteiger partial charge in [-0.15, -0.1) is 13.2 Å². The Morgan fingerprint density at radius 2 is 1.24 bits per heavy atom. The van der Waals surface area contributed by atoms with Crippen LogP contribution >= 0.6 is 23.2 Å². The lowest BCUT2D eigenvalue weighted by molar-refractivity contribution is -0.274. The first-order valence-electron chi connectivity index (χ1n) is 13.3. The summed E-state index contributed by atoms with van der Waals surface area (Å²) in [6.07, 6.45) is -1.68. The smallest absolute Gasteiger partial charge is 0.504 e. The highest BCUT2D eigenvalue weighted by Gasteiger charge is 2.31. The first-order valence-corrected chi connectivity index (χ1v) is 14.0. The Morgan fingerprint density at radius 3 is 1.72 bits per heavy atom. The lowest BCUT2D eigenvalue weighted by Gasteiger charge is -2.09. The Balaban J connectivity index is 0.000000182. The molecule has 0 aliphatic carbocycles. The number of aromatic hydroxyl groups is 1. The average Bonchev–Trinajstić information content (AvgIpc) is 3.48. The molecule has 14 heteroatoms. The number of rotatable bonds is 6. The highest BCUT2D eigenvalue weighted by atomic mass is 35.5. The van der Waals surface area contributed by atoms with Crippen LogP contribution in [0.1, 0.15) is 11.1 Å². The molecule has 0 saturated carbocycles. The molecule has 0 saturated heterocycles. The molecule has 2 aliphatic rings. The summed E-state index contributed by atoms with van der Waals surface area (Å²) < 4.78 is 45.1. The normalized spacial score (nSPS) is 14.9. The van der Waals surface area contributed by atoms with Crippen molar-refractivity contribution >= 4 is 68.9 Å². The number of alkyl halides is 3. The number of hydrogen-bond acceptors (Lipinski definition) is 7. The van der Waals surface area contributed by atoms with Crippen LogP contribution in [0.2, 0.25) is 10.0 Å². The second-order valence-corrected chi connectivity index (χ2v) is 10.5.